The second kappa shape index (κ2) is 6.04. The second-order valence-electron chi connectivity index (χ2n) is 4.91. The molecule has 0 aliphatic rings. The van der Waals surface area contributed by atoms with Crippen molar-refractivity contribution in [1.82, 2.24) is 4.57 Å². The van der Waals surface area contributed by atoms with E-state index in [2.05, 4.69) is 5.32 Å². The van der Waals surface area contributed by atoms with Crippen LogP contribution in [-0.2, 0) is 11.3 Å². The van der Waals surface area contributed by atoms with Crippen LogP contribution in [0.2, 0.25) is 0 Å². The molecule has 0 unspecified atom stereocenters. The highest BCUT2D eigenvalue weighted by molar-refractivity contribution is 5.90. The molecule has 0 saturated heterocycles. The summed E-state index contributed by atoms with van der Waals surface area (Å²) in [5.41, 5.74) is 0.904. The fourth-order valence-electron chi connectivity index (χ4n) is 2.24. The molecule has 3 rings (SSSR count). The molecule has 1 amide bonds. The van der Waals surface area contributed by atoms with Crippen LogP contribution in [0.1, 0.15) is 6.42 Å². The van der Waals surface area contributed by atoms with Crippen molar-refractivity contribution in [3.63, 3.8) is 0 Å². The predicted molar refractivity (Wildman–Crippen MR) is 80.1 cm³/mol. The normalized spacial score (nSPS) is 10.9. The van der Waals surface area contributed by atoms with Gasteiger partial charge >= 0.3 is 5.76 Å². The van der Waals surface area contributed by atoms with E-state index in [0.29, 0.717) is 17.2 Å². The number of hydrogen-bond acceptors (Lipinski definition) is 3. The van der Waals surface area contributed by atoms with E-state index in [9.17, 15) is 18.4 Å². The number of aryl methyl sites for hydroxylation is 1. The van der Waals surface area contributed by atoms with Gasteiger partial charge in [-0.15, -0.1) is 0 Å². The van der Waals surface area contributed by atoms with Crippen LogP contribution in [0.4, 0.5) is 14.5 Å². The number of nitrogens with one attached hydrogen (secondary N) is 1. The molecule has 2 aromatic carbocycles. The average molecular weight is 318 g/mol. The maximum atomic E-state index is 13.5. The van der Waals surface area contributed by atoms with Crippen molar-refractivity contribution >= 4 is 22.7 Å². The lowest BCUT2D eigenvalue weighted by molar-refractivity contribution is -0.116. The molecule has 1 heterocycles. The second-order valence-corrected chi connectivity index (χ2v) is 4.91. The van der Waals surface area contributed by atoms with Crippen molar-refractivity contribution in [1.29, 1.82) is 0 Å². The van der Waals surface area contributed by atoms with Crippen molar-refractivity contribution < 1.29 is 18.0 Å². The largest absolute Gasteiger partial charge is 0.419 e. The number of rotatable bonds is 4. The maximum Gasteiger partial charge on any atom is 0.419 e. The zero-order chi connectivity index (χ0) is 16.4. The van der Waals surface area contributed by atoms with E-state index < -0.39 is 23.3 Å². The van der Waals surface area contributed by atoms with Gasteiger partial charge in [0.15, 0.2) is 5.58 Å². The Morgan fingerprint density at radius 2 is 1.96 bits per heavy atom. The number of para-hydroxylation sites is 2. The van der Waals surface area contributed by atoms with Gasteiger partial charge in [-0.05, 0) is 24.3 Å². The minimum Gasteiger partial charge on any atom is -0.408 e. The lowest BCUT2D eigenvalue weighted by Gasteiger charge is -2.06. The Bertz CT molecular complexity index is 930. The molecule has 1 aromatic heterocycles. The monoisotopic (exact) mass is 318 g/mol. The van der Waals surface area contributed by atoms with Gasteiger partial charge in [0.1, 0.15) is 11.6 Å². The molecule has 0 fully saturated rings. The Morgan fingerprint density at radius 3 is 2.74 bits per heavy atom. The lowest BCUT2D eigenvalue weighted by Crippen LogP contribution is -2.20. The van der Waals surface area contributed by atoms with Gasteiger partial charge in [-0.25, -0.2) is 13.6 Å². The fourth-order valence-corrected chi connectivity index (χ4v) is 2.24. The SMILES string of the molecule is O=C(CCn1c(=O)oc2ccccc21)Nc1ccc(F)cc1F. The van der Waals surface area contributed by atoms with E-state index in [-0.39, 0.29) is 18.7 Å². The van der Waals surface area contributed by atoms with Crippen molar-refractivity contribution in [2.24, 2.45) is 0 Å². The van der Waals surface area contributed by atoms with Gasteiger partial charge < -0.3 is 9.73 Å². The summed E-state index contributed by atoms with van der Waals surface area (Å²) in [6, 6.07) is 9.72. The number of halogens is 2. The van der Waals surface area contributed by atoms with E-state index in [1.807, 2.05) is 0 Å². The lowest BCUT2D eigenvalue weighted by atomic mass is 10.2. The van der Waals surface area contributed by atoms with Crippen LogP contribution >= 0.6 is 0 Å². The van der Waals surface area contributed by atoms with Crippen molar-refractivity contribution in [2.45, 2.75) is 13.0 Å². The quantitative estimate of drug-likeness (QED) is 0.804. The van der Waals surface area contributed by atoms with Gasteiger partial charge in [-0.3, -0.25) is 9.36 Å². The number of fused-ring (bicyclic) bond motifs is 1. The highest BCUT2D eigenvalue weighted by atomic mass is 19.1. The first-order valence-corrected chi connectivity index (χ1v) is 6.88. The number of benzene rings is 2. The summed E-state index contributed by atoms with van der Waals surface area (Å²) in [6.07, 6.45) is -0.0553. The van der Waals surface area contributed by atoms with E-state index in [0.717, 1.165) is 12.1 Å². The number of hydrogen-bond donors (Lipinski definition) is 1. The van der Waals surface area contributed by atoms with Gasteiger partial charge in [0.05, 0.1) is 11.2 Å². The summed E-state index contributed by atoms with van der Waals surface area (Å²) < 4.78 is 32.7. The van der Waals surface area contributed by atoms with E-state index >= 15 is 0 Å². The zero-order valence-corrected chi connectivity index (χ0v) is 11.9. The first-order valence-electron chi connectivity index (χ1n) is 6.88. The van der Waals surface area contributed by atoms with Gasteiger partial charge in [0.2, 0.25) is 5.91 Å². The summed E-state index contributed by atoms with van der Waals surface area (Å²) in [6.45, 7) is 0.0878. The number of nitrogens with zero attached hydrogens (tertiary/aromatic N) is 1. The third kappa shape index (κ3) is 3.13. The van der Waals surface area contributed by atoms with Crippen LogP contribution in [-0.4, -0.2) is 10.5 Å². The molecule has 0 spiro atoms. The van der Waals surface area contributed by atoms with Crippen LogP contribution in [0, 0.1) is 11.6 Å². The van der Waals surface area contributed by atoms with Crippen molar-refractivity contribution in [2.75, 3.05) is 5.32 Å². The highest BCUT2D eigenvalue weighted by Crippen LogP contribution is 2.16. The molecule has 3 aromatic rings. The Hall–Kier alpha value is -2.96. The number of carbonyl (C=O) groups excluding carboxylic acids is 1. The summed E-state index contributed by atoms with van der Waals surface area (Å²) in [5.74, 6) is -2.64. The molecular formula is C16H12F2N2O3. The summed E-state index contributed by atoms with van der Waals surface area (Å²) >= 11 is 0. The summed E-state index contributed by atoms with van der Waals surface area (Å²) in [4.78, 5) is 23.6. The van der Waals surface area contributed by atoms with E-state index in [1.54, 1.807) is 24.3 Å². The minimum absolute atomic E-state index is 0.0553. The third-order valence-corrected chi connectivity index (χ3v) is 3.34. The molecule has 7 heteroatoms. The van der Waals surface area contributed by atoms with Gasteiger partial charge in [0.25, 0.3) is 0 Å². The van der Waals surface area contributed by atoms with E-state index in [4.69, 9.17) is 4.42 Å². The number of amides is 1. The molecule has 23 heavy (non-hydrogen) atoms. The Morgan fingerprint density at radius 1 is 1.17 bits per heavy atom. The number of anilines is 1. The average Bonchev–Trinajstić information content (AvgIpc) is 2.83. The standard InChI is InChI=1S/C16H12F2N2O3/c17-10-5-6-12(11(18)9-10)19-15(21)7-8-20-13-3-1-2-4-14(13)23-16(20)22/h1-6,9H,7-8H2,(H,19,21). The first-order chi connectivity index (χ1) is 11.0. The Balaban J connectivity index is 1.71. The van der Waals surface area contributed by atoms with E-state index in [1.165, 1.54) is 4.57 Å². The molecule has 0 atom stereocenters. The number of oxazole rings is 1. The smallest absolute Gasteiger partial charge is 0.408 e. The first kappa shape index (κ1) is 15.0. The zero-order valence-electron chi connectivity index (χ0n) is 11.9. The van der Waals surface area contributed by atoms with Crippen LogP contribution in [0.3, 0.4) is 0 Å². The molecule has 0 aliphatic carbocycles. The fraction of sp³-hybridized carbons (Fsp3) is 0.125. The molecule has 0 bridgehead atoms. The minimum atomic E-state index is -0.857. The molecule has 118 valence electrons. The predicted octanol–water partition coefficient (Wildman–Crippen LogP) is 2.90. The van der Waals surface area contributed by atoms with Crippen LogP contribution < -0.4 is 11.1 Å². The molecule has 5 nitrogen and oxygen atoms in total. The van der Waals surface area contributed by atoms with Crippen molar-refractivity contribution in [3.05, 3.63) is 64.6 Å². The molecule has 0 saturated carbocycles. The maximum absolute atomic E-state index is 13.5. The Kier molecular flexibility index (Phi) is 3.92. The van der Waals surface area contributed by atoms with Crippen molar-refractivity contribution in [3.8, 4) is 0 Å². The van der Waals surface area contributed by atoms with Crippen LogP contribution in [0.5, 0.6) is 0 Å². The molecule has 0 aliphatic heterocycles. The van der Waals surface area contributed by atoms with Gasteiger partial charge in [0, 0.05) is 19.0 Å². The summed E-state index contributed by atoms with van der Waals surface area (Å²) in [5, 5.41) is 2.34. The molecular weight excluding hydrogens is 306 g/mol. The number of aromatic nitrogens is 1. The van der Waals surface area contributed by atoms with Gasteiger partial charge in [-0.1, -0.05) is 12.1 Å². The van der Waals surface area contributed by atoms with Crippen LogP contribution in [0.15, 0.2) is 51.7 Å². The third-order valence-electron chi connectivity index (χ3n) is 3.34. The van der Waals surface area contributed by atoms with Crippen LogP contribution in [0.25, 0.3) is 11.1 Å². The Labute approximate surface area is 129 Å². The van der Waals surface area contributed by atoms with Gasteiger partial charge in [-0.2, -0.15) is 0 Å². The molecule has 0 radical (unpaired) electrons. The number of carbonyl (C=O) groups is 1. The topological polar surface area (TPSA) is 64.2 Å². The highest BCUT2D eigenvalue weighted by Gasteiger charge is 2.12. The molecule has 1 N–H and O–H groups in total. The summed E-state index contributed by atoms with van der Waals surface area (Å²) in [7, 11) is 0.